The van der Waals surface area contributed by atoms with Crippen LogP contribution >= 0.6 is 11.3 Å². The van der Waals surface area contributed by atoms with Crippen molar-refractivity contribution in [3.8, 4) is 0 Å². The Morgan fingerprint density at radius 3 is 2.89 bits per heavy atom. The van der Waals surface area contributed by atoms with Gasteiger partial charge in [0.15, 0.2) is 0 Å². The summed E-state index contributed by atoms with van der Waals surface area (Å²) in [5, 5.41) is 17.2. The first-order valence-electron chi connectivity index (χ1n) is 6.68. The molecule has 2 nitrogen and oxygen atoms in total. The quantitative estimate of drug-likeness (QED) is 0.890. The van der Waals surface area contributed by atoms with Gasteiger partial charge in [0.25, 0.3) is 0 Å². The molecular formula is C15H19NOS. The van der Waals surface area contributed by atoms with Gasteiger partial charge in [-0.05, 0) is 54.2 Å². The summed E-state index contributed by atoms with van der Waals surface area (Å²) in [6, 6.07) is 8.47. The topological polar surface area (TPSA) is 32.3 Å². The maximum absolute atomic E-state index is 10.4. The third kappa shape index (κ3) is 2.44. The molecule has 3 heteroatoms. The molecule has 1 aromatic heterocycles. The minimum atomic E-state index is -0.190. The van der Waals surface area contributed by atoms with E-state index in [-0.39, 0.29) is 6.10 Å². The van der Waals surface area contributed by atoms with Crippen molar-refractivity contribution in [2.75, 3.05) is 13.1 Å². The molecule has 0 radical (unpaired) electrons. The molecule has 1 atom stereocenters. The number of rotatable bonds is 3. The highest BCUT2D eigenvalue weighted by molar-refractivity contribution is 7.17. The predicted molar refractivity (Wildman–Crippen MR) is 77.1 cm³/mol. The van der Waals surface area contributed by atoms with Gasteiger partial charge in [-0.3, -0.25) is 0 Å². The molecule has 0 spiro atoms. The molecule has 1 aliphatic heterocycles. The molecule has 18 heavy (non-hydrogen) atoms. The van der Waals surface area contributed by atoms with E-state index in [1.807, 2.05) is 0 Å². The van der Waals surface area contributed by atoms with Crippen molar-refractivity contribution < 1.29 is 5.11 Å². The van der Waals surface area contributed by atoms with Crippen LogP contribution in [0.15, 0.2) is 29.6 Å². The van der Waals surface area contributed by atoms with Crippen LogP contribution in [-0.4, -0.2) is 24.3 Å². The summed E-state index contributed by atoms with van der Waals surface area (Å²) in [7, 11) is 0. The Morgan fingerprint density at radius 2 is 2.06 bits per heavy atom. The summed E-state index contributed by atoms with van der Waals surface area (Å²) >= 11 is 1.78. The summed E-state index contributed by atoms with van der Waals surface area (Å²) < 4.78 is 1.32. The first-order valence-corrected chi connectivity index (χ1v) is 7.56. The Balaban J connectivity index is 1.75. The summed E-state index contributed by atoms with van der Waals surface area (Å²) in [5.41, 5.74) is 1.31. The van der Waals surface area contributed by atoms with Gasteiger partial charge >= 0.3 is 0 Å². The molecule has 2 N–H and O–H groups in total. The van der Waals surface area contributed by atoms with E-state index in [1.165, 1.54) is 15.6 Å². The van der Waals surface area contributed by atoms with Crippen LogP contribution in [0.1, 0.15) is 18.4 Å². The monoisotopic (exact) mass is 261 g/mol. The maximum Gasteiger partial charge on any atom is 0.0610 e. The summed E-state index contributed by atoms with van der Waals surface area (Å²) in [6.07, 6.45) is 2.81. The molecule has 1 aliphatic rings. The summed E-state index contributed by atoms with van der Waals surface area (Å²) in [5.74, 6) is 0.463. The number of hydrogen-bond donors (Lipinski definition) is 2. The van der Waals surface area contributed by atoms with Gasteiger partial charge in [0.05, 0.1) is 6.10 Å². The van der Waals surface area contributed by atoms with Crippen molar-refractivity contribution >= 4 is 21.4 Å². The van der Waals surface area contributed by atoms with Crippen molar-refractivity contribution in [2.45, 2.75) is 25.4 Å². The van der Waals surface area contributed by atoms with Gasteiger partial charge in [-0.15, -0.1) is 11.3 Å². The van der Waals surface area contributed by atoms with E-state index in [1.54, 1.807) is 11.3 Å². The van der Waals surface area contributed by atoms with Gasteiger partial charge in [0.1, 0.15) is 0 Å². The average Bonchev–Trinajstić information content (AvgIpc) is 2.83. The largest absolute Gasteiger partial charge is 0.392 e. The zero-order chi connectivity index (χ0) is 12.4. The first kappa shape index (κ1) is 12.2. The van der Waals surface area contributed by atoms with Gasteiger partial charge in [0.2, 0.25) is 0 Å². The molecule has 1 saturated heterocycles. The Morgan fingerprint density at radius 1 is 1.28 bits per heavy atom. The fourth-order valence-corrected chi connectivity index (χ4v) is 3.79. The lowest BCUT2D eigenvalue weighted by Gasteiger charge is -2.27. The van der Waals surface area contributed by atoms with Crippen LogP contribution in [-0.2, 0) is 6.42 Å². The third-order valence-electron chi connectivity index (χ3n) is 3.92. The van der Waals surface area contributed by atoms with E-state index >= 15 is 0 Å². The summed E-state index contributed by atoms with van der Waals surface area (Å²) in [4.78, 5) is 0. The maximum atomic E-state index is 10.4. The second-order valence-electron chi connectivity index (χ2n) is 5.12. The fourth-order valence-electron chi connectivity index (χ4n) is 2.81. The van der Waals surface area contributed by atoms with E-state index in [9.17, 15) is 5.11 Å². The number of aliphatic hydroxyl groups is 1. The van der Waals surface area contributed by atoms with Crippen LogP contribution < -0.4 is 5.32 Å². The van der Waals surface area contributed by atoms with Gasteiger partial charge in [-0.2, -0.15) is 0 Å². The molecule has 96 valence electrons. The Bertz CT molecular complexity index is 516. The zero-order valence-electron chi connectivity index (χ0n) is 10.4. The van der Waals surface area contributed by atoms with Crippen LogP contribution in [0.3, 0.4) is 0 Å². The zero-order valence-corrected chi connectivity index (χ0v) is 11.2. The molecule has 0 bridgehead atoms. The Hall–Kier alpha value is -0.900. The third-order valence-corrected chi connectivity index (χ3v) is 4.93. The highest BCUT2D eigenvalue weighted by Crippen LogP contribution is 2.28. The van der Waals surface area contributed by atoms with E-state index in [0.717, 1.165) is 32.4 Å². The minimum Gasteiger partial charge on any atom is -0.392 e. The molecule has 0 aliphatic carbocycles. The van der Waals surface area contributed by atoms with E-state index < -0.39 is 0 Å². The van der Waals surface area contributed by atoms with Gasteiger partial charge in [-0.25, -0.2) is 0 Å². The Labute approximate surface area is 112 Å². The molecule has 3 rings (SSSR count). The van der Waals surface area contributed by atoms with Gasteiger partial charge in [-0.1, -0.05) is 18.2 Å². The number of nitrogens with one attached hydrogen (secondary N) is 1. The second-order valence-corrected chi connectivity index (χ2v) is 6.03. The number of benzene rings is 1. The lowest BCUT2D eigenvalue weighted by atomic mass is 9.88. The minimum absolute atomic E-state index is 0.190. The Kier molecular flexibility index (Phi) is 3.64. The van der Waals surface area contributed by atoms with E-state index in [4.69, 9.17) is 0 Å². The van der Waals surface area contributed by atoms with Crippen LogP contribution in [0.4, 0.5) is 0 Å². The van der Waals surface area contributed by atoms with Gasteiger partial charge < -0.3 is 10.4 Å². The van der Waals surface area contributed by atoms with E-state index in [0.29, 0.717) is 5.92 Å². The van der Waals surface area contributed by atoms with Crippen molar-refractivity contribution in [3.63, 3.8) is 0 Å². The van der Waals surface area contributed by atoms with Crippen molar-refractivity contribution in [3.05, 3.63) is 35.2 Å². The van der Waals surface area contributed by atoms with Crippen molar-refractivity contribution in [1.29, 1.82) is 0 Å². The number of hydrogen-bond acceptors (Lipinski definition) is 3. The fraction of sp³-hybridized carbons (Fsp3) is 0.467. The molecule has 0 amide bonds. The average molecular weight is 261 g/mol. The van der Waals surface area contributed by atoms with Crippen molar-refractivity contribution in [1.82, 2.24) is 5.32 Å². The van der Waals surface area contributed by atoms with Crippen LogP contribution in [0.5, 0.6) is 0 Å². The smallest absolute Gasteiger partial charge is 0.0610 e. The number of fused-ring (bicyclic) bond motifs is 1. The van der Waals surface area contributed by atoms with E-state index in [2.05, 4.69) is 35.0 Å². The highest BCUT2D eigenvalue weighted by atomic mass is 32.1. The van der Waals surface area contributed by atoms with Crippen LogP contribution in [0.2, 0.25) is 0 Å². The highest BCUT2D eigenvalue weighted by Gasteiger charge is 2.22. The number of aliphatic hydroxyl groups excluding tert-OH is 1. The molecule has 1 aromatic carbocycles. The normalized spacial score (nSPS) is 19.2. The van der Waals surface area contributed by atoms with Gasteiger partial charge in [0, 0.05) is 11.1 Å². The standard InChI is InChI=1S/C15H19NOS/c17-14(11-5-7-16-8-6-11)9-12-10-18-15-4-2-1-3-13(12)15/h1-4,10-11,14,16-17H,5-9H2. The summed E-state index contributed by atoms with van der Waals surface area (Å²) in [6.45, 7) is 2.10. The lowest BCUT2D eigenvalue weighted by molar-refractivity contribution is 0.0894. The lowest BCUT2D eigenvalue weighted by Crippen LogP contribution is -2.34. The van der Waals surface area contributed by atoms with Crippen LogP contribution in [0, 0.1) is 5.92 Å². The first-order chi connectivity index (χ1) is 8.84. The van der Waals surface area contributed by atoms with Crippen LogP contribution in [0.25, 0.3) is 10.1 Å². The number of piperidine rings is 1. The SMILES string of the molecule is OC(Cc1csc2ccccc12)C1CCNCC1. The molecule has 2 heterocycles. The molecular weight excluding hydrogens is 242 g/mol. The van der Waals surface area contributed by atoms with Crippen molar-refractivity contribution in [2.24, 2.45) is 5.92 Å². The number of thiophene rings is 1. The molecule has 1 unspecified atom stereocenters. The molecule has 2 aromatic rings. The predicted octanol–water partition coefficient (Wildman–Crippen LogP) is 2.80. The molecule has 0 saturated carbocycles. The second kappa shape index (κ2) is 5.39. The molecule has 1 fully saturated rings.